The molecule has 98 valence electrons. The van der Waals surface area contributed by atoms with E-state index in [1.54, 1.807) is 13.0 Å². The topological polar surface area (TPSA) is 41.1 Å². The minimum Gasteiger partial charge on any atom is -0.352 e. The third kappa shape index (κ3) is 3.53. The molecule has 1 unspecified atom stereocenters. The first-order valence-corrected chi connectivity index (χ1v) is 6.40. The molecule has 1 aromatic carbocycles. The van der Waals surface area contributed by atoms with Crippen molar-refractivity contribution in [3.05, 3.63) is 35.1 Å². The number of aryl methyl sites for hydroxylation is 1. The zero-order chi connectivity index (χ0) is 13.0. The standard InChI is InChI=1S/C14H19FN2O/c1-10-4-5-11(7-13(10)15)9-17-14(18)8-12-3-2-6-16-12/h4-5,7,12,16H,2-3,6,8-9H2,1H3,(H,17,18). The summed E-state index contributed by atoms with van der Waals surface area (Å²) in [7, 11) is 0. The van der Waals surface area contributed by atoms with Crippen molar-refractivity contribution in [2.75, 3.05) is 6.54 Å². The van der Waals surface area contributed by atoms with E-state index in [-0.39, 0.29) is 11.7 Å². The van der Waals surface area contributed by atoms with Crippen LogP contribution in [0.1, 0.15) is 30.4 Å². The monoisotopic (exact) mass is 250 g/mol. The molecular formula is C14H19FN2O. The van der Waals surface area contributed by atoms with Crippen molar-refractivity contribution in [3.8, 4) is 0 Å². The highest BCUT2D eigenvalue weighted by molar-refractivity contribution is 5.76. The predicted molar refractivity (Wildman–Crippen MR) is 68.6 cm³/mol. The molecule has 0 aromatic heterocycles. The first-order chi connectivity index (χ1) is 8.65. The van der Waals surface area contributed by atoms with Crippen molar-refractivity contribution in [2.24, 2.45) is 0 Å². The van der Waals surface area contributed by atoms with Gasteiger partial charge in [0.1, 0.15) is 5.82 Å². The number of rotatable bonds is 4. The first kappa shape index (κ1) is 13.0. The highest BCUT2D eigenvalue weighted by Crippen LogP contribution is 2.10. The molecule has 0 spiro atoms. The minimum absolute atomic E-state index is 0.0235. The van der Waals surface area contributed by atoms with Crippen LogP contribution in [0.15, 0.2) is 18.2 Å². The van der Waals surface area contributed by atoms with Crippen LogP contribution in [0.2, 0.25) is 0 Å². The number of amides is 1. The van der Waals surface area contributed by atoms with E-state index in [9.17, 15) is 9.18 Å². The Balaban J connectivity index is 1.79. The maximum absolute atomic E-state index is 13.3. The highest BCUT2D eigenvalue weighted by Gasteiger charge is 2.17. The molecule has 1 atom stereocenters. The van der Waals surface area contributed by atoms with Crippen molar-refractivity contribution in [1.29, 1.82) is 0 Å². The van der Waals surface area contributed by atoms with E-state index in [1.807, 2.05) is 6.07 Å². The molecule has 4 heteroatoms. The molecule has 0 aliphatic carbocycles. The molecule has 1 saturated heterocycles. The van der Waals surface area contributed by atoms with Crippen LogP contribution in [0.3, 0.4) is 0 Å². The van der Waals surface area contributed by atoms with Gasteiger partial charge in [0.25, 0.3) is 0 Å². The van der Waals surface area contributed by atoms with Crippen LogP contribution in [-0.4, -0.2) is 18.5 Å². The fraction of sp³-hybridized carbons (Fsp3) is 0.500. The number of hydrogen-bond donors (Lipinski definition) is 2. The maximum Gasteiger partial charge on any atom is 0.221 e. The molecule has 1 heterocycles. The van der Waals surface area contributed by atoms with Crippen LogP contribution >= 0.6 is 0 Å². The van der Waals surface area contributed by atoms with Crippen molar-refractivity contribution in [3.63, 3.8) is 0 Å². The quantitative estimate of drug-likeness (QED) is 0.857. The van der Waals surface area contributed by atoms with E-state index in [4.69, 9.17) is 0 Å². The molecule has 3 nitrogen and oxygen atoms in total. The summed E-state index contributed by atoms with van der Waals surface area (Å²) in [6, 6.07) is 5.35. The zero-order valence-electron chi connectivity index (χ0n) is 10.6. The van der Waals surface area contributed by atoms with Gasteiger partial charge < -0.3 is 10.6 Å². The van der Waals surface area contributed by atoms with E-state index < -0.39 is 0 Å². The van der Waals surface area contributed by atoms with Gasteiger partial charge in [-0.05, 0) is 43.5 Å². The fourth-order valence-electron chi connectivity index (χ4n) is 2.17. The first-order valence-electron chi connectivity index (χ1n) is 6.40. The van der Waals surface area contributed by atoms with Gasteiger partial charge in [-0.15, -0.1) is 0 Å². The molecule has 1 aliphatic rings. The second kappa shape index (κ2) is 5.96. The summed E-state index contributed by atoms with van der Waals surface area (Å²) in [6.07, 6.45) is 2.71. The van der Waals surface area contributed by atoms with Gasteiger partial charge in [0.05, 0.1) is 0 Å². The lowest BCUT2D eigenvalue weighted by Gasteiger charge is -2.10. The van der Waals surface area contributed by atoms with Gasteiger partial charge >= 0.3 is 0 Å². The van der Waals surface area contributed by atoms with Crippen molar-refractivity contribution < 1.29 is 9.18 Å². The Kier molecular flexibility index (Phi) is 4.31. The predicted octanol–water partition coefficient (Wildman–Crippen LogP) is 1.89. The van der Waals surface area contributed by atoms with E-state index in [2.05, 4.69) is 10.6 Å². The van der Waals surface area contributed by atoms with Gasteiger partial charge in [0, 0.05) is 19.0 Å². The summed E-state index contributed by atoms with van der Waals surface area (Å²) < 4.78 is 13.3. The second-order valence-corrected chi connectivity index (χ2v) is 4.86. The molecule has 1 fully saturated rings. The molecule has 1 amide bonds. The summed E-state index contributed by atoms with van der Waals surface area (Å²) in [5.74, 6) is -0.199. The lowest BCUT2D eigenvalue weighted by Crippen LogP contribution is -2.31. The largest absolute Gasteiger partial charge is 0.352 e. The van der Waals surface area contributed by atoms with Crippen LogP contribution in [-0.2, 0) is 11.3 Å². The third-order valence-electron chi connectivity index (χ3n) is 3.32. The Labute approximate surface area is 107 Å². The summed E-state index contributed by atoms with van der Waals surface area (Å²) in [6.45, 7) is 3.12. The Hall–Kier alpha value is -1.42. The van der Waals surface area contributed by atoms with Gasteiger partial charge in [-0.2, -0.15) is 0 Å². The van der Waals surface area contributed by atoms with E-state index >= 15 is 0 Å². The second-order valence-electron chi connectivity index (χ2n) is 4.86. The van der Waals surface area contributed by atoms with Crippen LogP contribution in [0.5, 0.6) is 0 Å². The smallest absolute Gasteiger partial charge is 0.221 e. The molecule has 18 heavy (non-hydrogen) atoms. The lowest BCUT2D eigenvalue weighted by atomic mass is 10.1. The number of nitrogens with one attached hydrogen (secondary N) is 2. The molecule has 2 rings (SSSR count). The normalized spacial score (nSPS) is 18.9. The molecule has 1 aromatic rings. The molecule has 1 aliphatic heterocycles. The summed E-state index contributed by atoms with van der Waals surface area (Å²) in [5.41, 5.74) is 1.42. The molecule has 2 N–H and O–H groups in total. The SMILES string of the molecule is Cc1ccc(CNC(=O)CC2CCCN2)cc1F. The third-order valence-corrected chi connectivity index (χ3v) is 3.32. The van der Waals surface area contributed by atoms with Gasteiger partial charge in [-0.25, -0.2) is 4.39 Å². The molecule has 0 bridgehead atoms. The lowest BCUT2D eigenvalue weighted by molar-refractivity contribution is -0.121. The van der Waals surface area contributed by atoms with Gasteiger partial charge in [-0.3, -0.25) is 4.79 Å². The summed E-state index contributed by atoms with van der Waals surface area (Å²) in [4.78, 5) is 11.7. The zero-order valence-corrected chi connectivity index (χ0v) is 10.6. The van der Waals surface area contributed by atoms with E-state index in [0.717, 1.165) is 24.9 Å². The van der Waals surface area contributed by atoms with Gasteiger partial charge in [-0.1, -0.05) is 12.1 Å². The van der Waals surface area contributed by atoms with Crippen LogP contribution in [0, 0.1) is 12.7 Å². The Bertz CT molecular complexity index is 428. The Morgan fingerprint density at radius 2 is 2.39 bits per heavy atom. The Morgan fingerprint density at radius 3 is 3.06 bits per heavy atom. The van der Waals surface area contributed by atoms with Crippen molar-refractivity contribution >= 4 is 5.91 Å². The fourth-order valence-corrected chi connectivity index (χ4v) is 2.17. The molecule has 0 saturated carbocycles. The minimum atomic E-state index is -0.223. The summed E-state index contributed by atoms with van der Waals surface area (Å²) in [5, 5.41) is 6.11. The number of halogens is 1. The number of carbonyl (C=O) groups excluding carboxylic acids is 1. The Morgan fingerprint density at radius 1 is 1.56 bits per heavy atom. The van der Waals surface area contributed by atoms with Gasteiger partial charge in [0.15, 0.2) is 0 Å². The van der Waals surface area contributed by atoms with E-state index in [1.165, 1.54) is 6.07 Å². The molecular weight excluding hydrogens is 231 g/mol. The van der Waals surface area contributed by atoms with Crippen LogP contribution in [0.4, 0.5) is 4.39 Å². The number of benzene rings is 1. The number of hydrogen-bond acceptors (Lipinski definition) is 2. The van der Waals surface area contributed by atoms with Gasteiger partial charge in [0.2, 0.25) is 5.91 Å². The highest BCUT2D eigenvalue weighted by atomic mass is 19.1. The summed E-state index contributed by atoms with van der Waals surface area (Å²) >= 11 is 0. The average Bonchev–Trinajstić information content (AvgIpc) is 2.83. The maximum atomic E-state index is 13.3. The van der Waals surface area contributed by atoms with Crippen molar-refractivity contribution in [1.82, 2.24) is 10.6 Å². The van der Waals surface area contributed by atoms with Crippen LogP contribution in [0.25, 0.3) is 0 Å². The van der Waals surface area contributed by atoms with E-state index in [0.29, 0.717) is 24.6 Å². The van der Waals surface area contributed by atoms with Crippen LogP contribution < -0.4 is 10.6 Å². The van der Waals surface area contributed by atoms with Crippen molar-refractivity contribution in [2.45, 2.75) is 38.8 Å². The number of carbonyl (C=O) groups is 1. The average molecular weight is 250 g/mol. The molecule has 0 radical (unpaired) electrons.